The summed E-state index contributed by atoms with van der Waals surface area (Å²) in [5, 5.41) is 3.32. The van der Waals surface area contributed by atoms with E-state index in [0.717, 1.165) is 12.5 Å². The van der Waals surface area contributed by atoms with Crippen LogP contribution < -0.4 is 5.32 Å². The molecule has 1 aromatic rings. The van der Waals surface area contributed by atoms with E-state index >= 15 is 0 Å². The molecule has 0 aliphatic carbocycles. The minimum absolute atomic E-state index is 0. The van der Waals surface area contributed by atoms with Gasteiger partial charge in [0.05, 0.1) is 17.0 Å². The van der Waals surface area contributed by atoms with Crippen molar-refractivity contribution in [3.63, 3.8) is 0 Å². The minimum Gasteiger partial charge on any atom is -0.357 e. The van der Waals surface area contributed by atoms with Gasteiger partial charge >= 0.3 is 0 Å². The van der Waals surface area contributed by atoms with Gasteiger partial charge in [0, 0.05) is 25.0 Å². The molecular formula is C19H32IN3O2S. The molecule has 1 heterocycles. The van der Waals surface area contributed by atoms with Crippen LogP contribution in [0.2, 0.25) is 0 Å². The number of rotatable bonds is 4. The fourth-order valence-corrected chi connectivity index (χ4v) is 4.37. The predicted molar refractivity (Wildman–Crippen MR) is 120 cm³/mol. The molecule has 1 N–H and O–H groups in total. The van der Waals surface area contributed by atoms with E-state index < -0.39 is 14.6 Å². The highest BCUT2D eigenvalue weighted by Crippen LogP contribution is 2.25. The second-order valence-electron chi connectivity index (χ2n) is 7.92. The van der Waals surface area contributed by atoms with Crippen LogP contribution in [0.15, 0.2) is 35.3 Å². The number of benzene rings is 1. The molecular weight excluding hydrogens is 461 g/mol. The van der Waals surface area contributed by atoms with Crippen LogP contribution in [-0.4, -0.2) is 56.0 Å². The molecule has 1 aromatic carbocycles. The third kappa shape index (κ3) is 5.34. The maximum absolute atomic E-state index is 12.2. The summed E-state index contributed by atoms with van der Waals surface area (Å²) in [4.78, 5) is 6.91. The van der Waals surface area contributed by atoms with Gasteiger partial charge in [0.2, 0.25) is 0 Å². The van der Waals surface area contributed by atoms with Gasteiger partial charge in [-0.25, -0.2) is 8.42 Å². The van der Waals surface area contributed by atoms with Crippen molar-refractivity contribution in [3.05, 3.63) is 35.9 Å². The number of nitrogens with one attached hydrogen (secondary N) is 1. The summed E-state index contributed by atoms with van der Waals surface area (Å²) in [6.07, 6.45) is 0. The van der Waals surface area contributed by atoms with E-state index in [1.807, 2.05) is 25.1 Å². The van der Waals surface area contributed by atoms with Crippen LogP contribution in [0, 0.1) is 0 Å². The van der Waals surface area contributed by atoms with E-state index in [2.05, 4.69) is 36.2 Å². The molecule has 1 saturated heterocycles. The smallest absolute Gasteiger partial charge is 0.194 e. The van der Waals surface area contributed by atoms with Crippen LogP contribution in [-0.2, 0) is 15.3 Å². The van der Waals surface area contributed by atoms with E-state index in [4.69, 9.17) is 4.99 Å². The number of aliphatic imine (C=N–C) groups is 1. The second kappa shape index (κ2) is 8.91. The first-order chi connectivity index (χ1) is 11.6. The Morgan fingerprint density at radius 2 is 1.88 bits per heavy atom. The van der Waals surface area contributed by atoms with E-state index in [1.54, 1.807) is 13.8 Å². The Hall–Kier alpha value is -0.830. The maximum atomic E-state index is 12.2. The summed E-state index contributed by atoms with van der Waals surface area (Å²) in [5.41, 5.74) is 1.16. The van der Waals surface area contributed by atoms with Gasteiger partial charge in [-0.05, 0) is 26.3 Å². The molecule has 5 nitrogen and oxygen atoms in total. The highest BCUT2D eigenvalue weighted by Gasteiger charge is 2.41. The third-order valence-electron chi connectivity index (χ3n) is 4.86. The van der Waals surface area contributed by atoms with Crippen LogP contribution in [0.3, 0.4) is 0 Å². The Morgan fingerprint density at radius 1 is 1.27 bits per heavy atom. The molecule has 2 rings (SSSR count). The highest BCUT2D eigenvalue weighted by atomic mass is 127. The number of hydrogen-bond acceptors (Lipinski definition) is 3. The Morgan fingerprint density at radius 3 is 2.42 bits per heavy atom. The molecule has 1 aliphatic heterocycles. The minimum atomic E-state index is -3.05. The predicted octanol–water partition coefficient (Wildman–Crippen LogP) is 3.06. The fourth-order valence-electron chi connectivity index (χ4n) is 3.00. The van der Waals surface area contributed by atoms with Crippen LogP contribution >= 0.6 is 24.0 Å². The van der Waals surface area contributed by atoms with Gasteiger partial charge in [-0.3, -0.25) is 4.99 Å². The van der Waals surface area contributed by atoms with Crippen molar-refractivity contribution in [2.45, 2.75) is 44.8 Å². The molecule has 0 amide bonds. The average molecular weight is 493 g/mol. The van der Waals surface area contributed by atoms with Gasteiger partial charge in [-0.2, -0.15) is 0 Å². The van der Waals surface area contributed by atoms with E-state index in [1.165, 1.54) is 5.56 Å². The first-order valence-corrected chi connectivity index (χ1v) is 10.6. The van der Waals surface area contributed by atoms with Crippen LogP contribution in [0.4, 0.5) is 0 Å². The van der Waals surface area contributed by atoms with Crippen molar-refractivity contribution >= 4 is 39.8 Å². The Bertz CT molecular complexity index is 716. The van der Waals surface area contributed by atoms with Gasteiger partial charge in [0.1, 0.15) is 0 Å². The Labute approximate surface area is 175 Å². The SMILES string of the molecule is CCNC(=NCC(C)(C)c1ccccc1)N1CCS(=O)(=O)C(C)(C)C1.I. The lowest BCUT2D eigenvalue weighted by Gasteiger charge is -2.39. The number of guanidine groups is 1. The molecule has 0 atom stereocenters. The molecule has 148 valence electrons. The third-order valence-corrected chi connectivity index (χ3v) is 7.39. The summed E-state index contributed by atoms with van der Waals surface area (Å²) >= 11 is 0. The van der Waals surface area contributed by atoms with Crippen LogP contribution in [0.1, 0.15) is 40.2 Å². The van der Waals surface area contributed by atoms with Crippen LogP contribution in [0.5, 0.6) is 0 Å². The van der Waals surface area contributed by atoms with E-state index in [0.29, 0.717) is 19.6 Å². The molecule has 0 radical (unpaired) electrons. The summed E-state index contributed by atoms with van der Waals surface area (Å²) in [5.74, 6) is 0.974. The monoisotopic (exact) mass is 493 g/mol. The zero-order chi connectivity index (χ0) is 18.7. The molecule has 1 aliphatic rings. The molecule has 0 saturated carbocycles. The molecule has 26 heavy (non-hydrogen) atoms. The first kappa shape index (κ1) is 23.2. The Balaban J connectivity index is 0.00000338. The van der Waals surface area contributed by atoms with E-state index in [9.17, 15) is 8.42 Å². The molecule has 0 unspecified atom stereocenters. The average Bonchev–Trinajstić information content (AvgIpc) is 2.55. The number of nitrogens with zero attached hydrogens (tertiary/aromatic N) is 2. The normalized spacial score (nSPS) is 19.6. The van der Waals surface area contributed by atoms with Gasteiger partial charge in [0.15, 0.2) is 15.8 Å². The van der Waals surface area contributed by atoms with Crippen LogP contribution in [0.25, 0.3) is 0 Å². The van der Waals surface area contributed by atoms with Gasteiger partial charge in [-0.1, -0.05) is 44.2 Å². The number of sulfone groups is 1. The second-order valence-corrected chi connectivity index (χ2v) is 10.7. The fraction of sp³-hybridized carbons (Fsp3) is 0.632. The number of halogens is 1. The topological polar surface area (TPSA) is 61.8 Å². The maximum Gasteiger partial charge on any atom is 0.194 e. The lowest BCUT2D eigenvalue weighted by atomic mass is 9.85. The standard InChI is InChI=1S/C19H31N3O2S.HI/c1-6-20-17(22-12-13-25(23,24)19(4,5)15-22)21-14-18(2,3)16-10-8-7-9-11-16;/h7-11H,6,12-15H2,1-5H3,(H,20,21);1H. The quantitative estimate of drug-likeness (QED) is 0.398. The van der Waals surface area contributed by atoms with Crippen molar-refractivity contribution in [1.82, 2.24) is 10.2 Å². The van der Waals surface area contributed by atoms with E-state index in [-0.39, 0.29) is 35.1 Å². The highest BCUT2D eigenvalue weighted by molar-refractivity contribution is 14.0. The van der Waals surface area contributed by atoms with Crippen molar-refractivity contribution in [3.8, 4) is 0 Å². The lowest BCUT2D eigenvalue weighted by molar-refractivity contribution is 0.352. The van der Waals surface area contributed by atoms with Gasteiger partial charge < -0.3 is 10.2 Å². The molecule has 0 aromatic heterocycles. The molecule has 0 spiro atoms. The summed E-state index contributed by atoms with van der Waals surface area (Å²) in [6, 6.07) is 10.4. The van der Waals surface area contributed by atoms with Gasteiger partial charge in [0.25, 0.3) is 0 Å². The zero-order valence-electron chi connectivity index (χ0n) is 16.4. The summed E-state index contributed by atoms with van der Waals surface area (Å²) in [7, 11) is -3.05. The zero-order valence-corrected chi connectivity index (χ0v) is 19.6. The van der Waals surface area contributed by atoms with Crippen molar-refractivity contribution in [2.75, 3.05) is 31.9 Å². The lowest BCUT2D eigenvalue weighted by Crippen LogP contribution is -2.57. The van der Waals surface area contributed by atoms with Crippen molar-refractivity contribution in [2.24, 2.45) is 4.99 Å². The molecule has 7 heteroatoms. The van der Waals surface area contributed by atoms with Crippen molar-refractivity contribution in [1.29, 1.82) is 0 Å². The van der Waals surface area contributed by atoms with Gasteiger partial charge in [-0.15, -0.1) is 24.0 Å². The summed E-state index contributed by atoms with van der Waals surface area (Å²) in [6.45, 7) is 12.3. The largest absolute Gasteiger partial charge is 0.357 e. The summed E-state index contributed by atoms with van der Waals surface area (Å²) < 4.78 is 23.7. The molecule has 0 bridgehead atoms. The first-order valence-electron chi connectivity index (χ1n) is 8.90. The van der Waals surface area contributed by atoms with Crippen molar-refractivity contribution < 1.29 is 8.42 Å². The Kier molecular flexibility index (Phi) is 7.95. The molecule has 1 fully saturated rings. The number of hydrogen-bond donors (Lipinski definition) is 1.